The number of carboxylic acid groups (broad SMARTS) is 1. The number of amides is 3. The third-order valence-electron chi connectivity index (χ3n) is 8.10. The maximum Gasteiger partial charge on any atom is 0.326 e. The van der Waals surface area contributed by atoms with Crippen molar-refractivity contribution in [2.45, 2.75) is 70.1 Å². The summed E-state index contributed by atoms with van der Waals surface area (Å²) in [5.74, 6) is -2.69. The standard InChI is InChI=1S/C31H39N5O6/c1-3-18(2)27(32)29(39)34-24(15-19-10-12-21(37)13-11-19)30(40)36-14-6-9-26(36)28(38)35-25(31(41)42)16-20-17-33-23-8-5-4-7-22(20)23/h4-5,7-8,10-13,17-18,24-27,33,37H,3,6,9,14-16,32H2,1-2H3,(H,34,39)(H,35,38)(H,41,42). The van der Waals surface area contributed by atoms with Gasteiger partial charge in [0.1, 0.15) is 23.9 Å². The maximum absolute atomic E-state index is 13.9. The van der Waals surface area contributed by atoms with E-state index < -0.39 is 47.9 Å². The second-order valence-corrected chi connectivity index (χ2v) is 11.0. The van der Waals surface area contributed by atoms with Crippen LogP contribution >= 0.6 is 0 Å². The number of carbonyl (C=O) groups is 4. The fourth-order valence-corrected chi connectivity index (χ4v) is 5.34. The molecule has 224 valence electrons. The van der Waals surface area contributed by atoms with Gasteiger partial charge in [-0.15, -0.1) is 0 Å². The van der Waals surface area contributed by atoms with Crippen LogP contribution in [0.3, 0.4) is 0 Å². The molecular formula is C31H39N5O6. The molecule has 1 aromatic heterocycles. The first-order valence-electron chi connectivity index (χ1n) is 14.3. The van der Waals surface area contributed by atoms with Crippen molar-refractivity contribution in [3.63, 3.8) is 0 Å². The number of rotatable bonds is 12. The number of aliphatic carboxylic acids is 1. The molecule has 7 N–H and O–H groups in total. The number of fused-ring (bicyclic) bond motifs is 1. The number of phenolic OH excluding ortho intramolecular Hbond substituents is 1. The molecule has 0 bridgehead atoms. The molecule has 2 heterocycles. The number of H-pyrrole nitrogens is 1. The molecule has 4 rings (SSSR count). The Bertz CT molecular complexity index is 1420. The lowest BCUT2D eigenvalue weighted by Crippen LogP contribution is -2.58. The van der Waals surface area contributed by atoms with E-state index in [9.17, 15) is 29.4 Å². The van der Waals surface area contributed by atoms with Gasteiger partial charge >= 0.3 is 5.97 Å². The van der Waals surface area contributed by atoms with Crippen molar-refractivity contribution in [2.75, 3.05) is 6.54 Å². The number of nitrogens with two attached hydrogens (primary N) is 1. The fraction of sp³-hybridized carbons (Fsp3) is 0.419. The third-order valence-corrected chi connectivity index (χ3v) is 8.10. The second-order valence-electron chi connectivity index (χ2n) is 11.0. The summed E-state index contributed by atoms with van der Waals surface area (Å²) < 4.78 is 0. The van der Waals surface area contributed by atoms with E-state index in [2.05, 4.69) is 15.6 Å². The first kappa shape index (κ1) is 30.6. The Balaban J connectivity index is 1.51. The first-order chi connectivity index (χ1) is 20.1. The summed E-state index contributed by atoms with van der Waals surface area (Å²) >= 11 is 0. The van der Waals surface area contributed by atoms with Crippen LogP contribution in [0.5, 0.6) is 5.75 Å². The zero-order valence-corrected chi connectivity index (χ0v) is 23.9. The molecule has 3 amide bonds. The van der Waals surface area contributed by atoms with Crippen molar-refractivity contribution in [2.24, 2.45) is 11.7 Å². The number of nitrogens with zero attached hydrogens (tertiary/aromatic N) is 1. The summed E-state index contributed by atoms with van der Waals surface area (Å²) in [6, 6.07) is 9.91. The molecule has 1 aliphatic heterocycles. The number of hydrogen-bond acceptors (Lipinski definition) is 6. The van der Waals surface area contributed by atoms with Gasteiger partial charge in [0.05, 0.1) is 6.04 Å². The van der Waals surface area contributed by atoms with E-state index in [1.807, 2.05) is 38.1 Å². The van der Waals surface area contributed by atoms with Gasteiger partial charge in [-0.05, 0) is 48.1 Å². The molecule has 11 nitrogen and oxygen atoms in total. The number of phenols is 1. The highest BCUT2D eigenvalue weighted by molar-refractivity contribution is 5.95. The number of hydrogen-bond donors (Lipinski definition) is 6. The molecule has 0 saturated carbocycles. The molecule has 5 unspecified atom stereocenters. The van der Waals surface area contributed by atoms with Gasteiger partial charge in [0.2, 0.25) is 17.7 Å². The molecule has 1 fully saturated rings. The quantitative estimate of drug-likeness (QED) is 0.191. The van der Waals surface area contributed by atoms with E-state index in [0.29, 0.717) is 24.8 Å². The van der Waals surface area contributed by atoms with E-state index in [-0.39, 0.29) is 31.1 Å². The van der Waals surface area contributed by atoms with E-state index >= 15 is 0 Å². The van der Waals surface area contributed by atoms with Crippen LogP contribution in [0.2, 0.25) is 0 Å². The average Bonchev–Trinajstić information content (AvgIpc) is 3.64. The Hall–Kier alpha value is -4.38. The number of carbonyl (C=O) groups excluding carboxylic acids is 3. The van der Waals surface area contributed by atoms with Gasteiger partial charge in [-0.3, -0.25) is 14.4 Å². The Morgan fingerprint density at radius 1 is 1.05 bits per heavy atom. The zero-order valence-electron chi connectivity index (χ0n) is 23.9. The summed E-state index contributed by atoms with van der Waals surface area (Å²) in [4.78, 5) is 57.0. The van der Waals surface area contributed by atoms with Crippen molar-refractivity contribution >= 4 is 34.6 Å². The van der Waals surface area contributed by atoms with Crippen LogP contribution < -0.4 is 16.4 Å². The Labute approximate surface area is 244 Å². The van der Waals surface area contributed by atoms with Crippen molar-refractivity contribution in [3.05, 3.63) is 65.9 Å². The largest absolute Gasteiger partial charge is 0.508 e. The molecule has 5 atom stereocenters. The predicted molar refractivity (Wildman–Crippen MR) is 157 cm³/mol. The smallest absolute Gasteiger partial charge is 0.326 e. The van der Waals surface area contributed by atoms with E-state index in [4.69, 9.17) is 5.73 Å². The van der Waals surface area contributed by atoms with Crippen LogP contribution in [0.15, 0.2) is 54.7 Å². The van der Waals surface area contributed by atoms with Crippen LogP contribution in [0.25, 0.3) is 10.9 Å². The number of aromatic hydroxyl groups is 1. The lowest BCUT2D eigenvalue weighted by atomic mass is 9.98. The van der Waals surface area contributed by atoms with Crippen LogP contribution in [0, 0.1) is 5.92 Å². The number of carboxylic acids is 1. The lowest BCUT2D eigenvalue weighted by molar-refractivity contribution is -0.145. The molecular weight excluding hydrogens is 538 g/mol. The number of para-hydroxylation sites is 1. The highest BCUT2D eigenvalue weighted by atomic mass is 16.4. The lowest BCUT2D eigenvalue weighted by Gasteiger charge is -2.30. The summed E-state index contributed by atoms with van der Waals surface area (Å²) in [7, 11) is 0. The van der Waals surface area contributed by atoms with Gasteiger partial charge in [0.25, 0.3) is 0 Å². The Morgan fingerprint density at radius 2 is 1.76 bits per heavy atom. The topological polar surface area (TPSA) is 178 Å². The molecule has 0 spiro atoms. The first-order valence-corrected chi connectivity index (χ1v) is 14.3. The summed E-state index contributed by atoms with van der Waals surface area (Å²) in [5, 5.41) is 25.9. The number of aromatic amines is 1. The molecule has 3 aromatic rings. The van der Waals surface area contributed by atoms with Crippen molar-refractivity contribution in [3.8, 4) is 5.75 Å². The number of likely N-dealkylation sites (tertiary alicyclic amines) is 1. The van der Waals surface area contributed by atoms with Gasteiger partial charge in [-0.1, -0.05) is 50.6 Å². The Morgan fingerprint density at radius 3 is 2.45 bits per heavy atom. The van der Waals surface area contributed by atoms with Crippen LogP contribution in [-0.2, 0) is 32.0 Å². The summed E-state index contributed by atoms with van der Waals surface area (Å²) in [6.45, 7) is 4.07. The molecule has 0 radical (unpaired) electrons. The molecule has 1 aliphatic rings. The molecule has 11 heteroatoms. The highest BCUT2D eigenvalue weighted by Gasteiger charge is 2.39. The minimum absolute atomic E-state index is 0.0682. The van der Waals surface area contributed by atoms with Crippen molar-refractivity contribution in [1.82, 2.24) is 20.5 Å². The predicted octanol–water partition coefficient (Wildman–Crippen LogP) is 2.08. The van der Waals surface area contributed by atoms with Gasteiger partial charge in [-0.25, -0.2) is 4.79 Å². The molecule has 2 aromatic carbocycles. The Kier molecular flexibility index (Phi) is 9.84. The van der Waals surface area contributed by atoms with Crippen LogP contribution in [0.4, 0.5) is 0 Å². The van der Waals surface area contributed by atoms with E-state index in [1.165, 1.54) is 17.0 Å². The second kappa shape index (κ2) is 13.5. The minimum Gasteiger partial charge on any atom is -0.508 e. The van der Waals surface area contributed by atoms with Crippen molar-refractivity contribution in [1.29, 1.82) is 0 Å². The minimum atomic E-state index is -1.20. The van der Waals surface area contributed by atoms with Gasteiger partial charge < -0.3 is 36.5 Å². The van der Waals surface area contributed by atoms with Crippen LogP contribution in [-0.4, -0.2) is 74.5 Å². The highest BCUT2D eigenvalue weighted by Crippen LogP contribution is 2.22. The number of aromatic nitrogens is 1. The fourth-order valence-electron chi connectivity index (χ4n) is 5.34. The average molecular weight is 578 g/mol. The SMILES string of the molecule is CCC(C)C(N)C(=O)NC(Cc1ccc(O)cc1)C(=O)N1CCCC1C(=O)NC(Cc1c[nH]c2ccccc12)C(=O)O. The molecule has 42 heavy (non-hydrogen) atoms. The van der Waals surface area contributed by atoms with E-state index in [1.54, 1.807) is 18.3 Å². The third kappa shape index (κ3) is 7.09. The monoisotopic (exact) mass is 577 g/mol. The summed E-state index contributed by atoms with van der Waals surface area (Å²) in [6.07, 6.45) is 3.53. The summed E-state index contributed by atoms with van der Waals surface area (Å²) in [5.41, 5.74) is 8.47. The normalized spacial score (nSPS) is 17.8. The van der Waals surface area contributed by atoms with Crippen LogP contribution in [0.1, 0.15) is 44.2 Å². The number of benzene rings is 2. The van der Waals surface area contributed by atoms with Gasteiger partial charge in [-0.2, -0.15) is 0 Å². The zero-order chi connectivity index (χ0) is 30.4. The van der Waals surface area contributed by atoms with E-state index in [0.717, 1.165) is 16.5 Å². The van der Waals surface area contributed by atoms with Gasteiger partial charge in [0.15, 0.2) is 0 Å². The molecule has 0 aliphatic carbocycles. The molecule has 1 saturated heterocycles. The van der Waals surface area contributed by atoms with Crippen molar-refractivity contribution < 1.29 is 29.4 Å². The van der Waals surface area contributed by atoms with Gasteiger partial charge in [0, 0.05) is 36.5 Å². The maximum atomic E-state index is 13.9. The number of nitrogens with one attached hydrogen (secondary N) is 3.